The Morgan fingerprint density at radius 2 is 0.371 bits per heavy atom. The third-order valence-electron chi connectivity index (χ3n) is 32.8. The highest BCUT2D eigenvalue weighted by Crippen LogP contribution is 2.59. The van der Waals surface area contributed by atoms with Gasteiger partial charge in [0, 0.05) is 21.7 Å². The molecule has 4 aliphatic rings. The normalized spacial score (nSPS) is 13.8. The van der Waals surface area contributed by atoms with Gasteiger partial charge in [-0.2, -0.15) is 0 Å². The smallest absolute Gasteiger partial charge is 0.0159 e. The van der Waals surface area contributed by atoms with Crippen molar-refractivity contribution in [2.75, 3.05) is 0 Å². The van der Waals surface area contributed by atoms with E-state index < -0.39 is 0 Å². The summed E-state index contributed by atoms with van der Waals surface area (Å²) in [5.41, 5.74) is 48.8. The van der Waals surface area contributed by atoms with Gasteiger partial charge in [0.2, 0.25) is 0 Å². The molecule has 0 unspecified atom stereocenters. The molecule has 0 radical (unpaired) electrons. The molecule has 24 aromatic carbocycles. The Hall–Kier alpha value is -16.6. The average Bonchev–Trinajstić information content (AvgIpc) is 1.64. The fourth-order valence-corrected chi connectivity index (χ4v) is 25.8. The van der Waals surface area contributed by atoms with Gasteiger partial charge >= 0.3 is 0 Å². The minimum Gasteiger partial charge on any atom is -0.0619 e. The van der Waals surface area contributed by atoms with Crippen LogP contribution in [0.15, 0.2) is 455 Å². The second-order valence-electron chi connectivity index (χ2n) is 42.5. The number of rotatable bonds is 9. The molecule has 0 fully saturated rings. The third kappa shape index (κ3) is 13.7. The molecule has 0 heteroatoms. The first-order valence-corrected chi connectivity index (χ1v) is 50.8. The van der Waals surface area contributed by atoms with Crippen molar-refractivity contribution in [3.63, 3.8) is 0 Å². The molecule has 0 aliphatic heterocycles. The zero-order valence-corrected chi connectivity index (χ0v) is 82.8. The van der Waals surface area contributed by atoms with Gasteiger partial charge < -0.3 is 0 Å². The van der Waals surface area contributed by atoms with Gasteiger partial charge in [-0.3, -0.25) is 0 Å². The van der Waals surface area contributed by atoms with E-state index in [-0.39, 0.29) is 21.7 Å². The van der Waals surface area contributed by atoms with Crippen LogP contribution < -0.4 is 0 Å². The third-order valence-corrected chi connectivity index (χ3v) is 32.8. The van der Waals surface area contributed by atoms with Crippen LogP contribution >= 0.6 is 0 Å². The van der Waals surface area contributed by atoms with Crippen LogP contribution in [-0.4, -0.2) is 0 Å². The Kier molecular flexibility index (Phi) is 20.2. The van der Waals surface area contributed by atoms with Gasteiger partial charge in [-0.1, -0.05) is 497 Å². The summed E-state index contributed by atoms with van der Waals surface area (Å²) >= 11 is 0. The fraction of sp³-hybridized carbons (Fsp3) is 0.105. The zero-order chi connectivity index (χ0) is 96.6. The minimum absolute atomic E-state index is 0.0124. The van der Waals surface area contributed by atoms with E-state index in [1.165, 1.54) is 292 Å². The highest BCUT2D eigenvalue weighted by molar-refractivity contribution is 6.27. The Balaban J connectivity index is 0.000000110. The number of hydrogen-bond donors (Lipinski definition) is 0. The number of hydrogen-bond acceptors (Lipinski definition) is 0. The van der Waals surface area contributed by atoms with Gasteiger partial charge in [-0.25, -0.2) is 0 Å². The molecule has 0 saturated carbocycles. The van der Waals surface area contributed by atoms with Crippen LogP contribution in [-0.2, 0) is 21.7 Å². The summed E-state index contributed by atoms with van der Waals surface area (Å²) in [6.07, 6.45) is 0. The van der Waals surface area contributed by atoms with Crippen molar-refractivity contribution in [2.45, 2.75) is 97.8 Å². The zero-order valence-electron chi connectivity index (χ0n) is 82.8. The summed E-state index contributed by atoms with van der Waals surface area (Å²) in [5.74, 6) is 0. The maximum atomic E-state index is 2.46. The first-order chi connectivity index (χ1) is 69.7. The lowest BCUT2D eigenvalue weighted by atomic mass is 9.80. The van der Waals surface area contributed by atoms with E-state index in [4.69, 9.17) is 0 Å². The molecule has 0 saturated heterocycles. The molecular formula is C143H108. The van der Waals surface area contributed by atoms with Crippen LogP contribution in [0.1, 0.15) is 117 Å². The highest BCUT2D eigenvalue weighted by atomic mass is 14.4. The molecule has 0 nitrogen and oxygen atoms in total. The quantitative estimate of drug-likeness (QED) is 0.126. The summed E-state index contributed by atoms with van der Waals surface area (Å²) < 4.78 is 0. The second-order valence-corrected chi connectivity index (χ2v) is 42.5. The molecule has 24 aromatic rings. The molecule has 4 aliphatic carbocycles. The van der Waals surface area contributed by atoms with E-state index >= 15 is 0 Å². The number of fused-ring (bicyclic) bond motifs is 20. The van der Waals surface area contributed by atoms with Crippen molar-refractivity contribution < 1.29 is 0 Å². The molecule has 0 N–H and O–H groups in total. The molecule has 0 bridgehead atoms. The molecule has 28 rings (SSSR count). The van der Waals surface area contributed by atoms with E-state index in [1.54, 1.807) is 0 Å². The lowest BCUT2D eigenvalue weighted by Gasteiger charge is -2.23. The summed E-state index contributed by atoms with van der Waals surface area (Å²) in [7, 11) is 0. The van der Waals surface area contributed by atoms with Crippen molar-refractivity contribution in [3.8, 4) is 145 Å². The van der Waals surface area contributed by atoms with E-state index in [0.717, 1.165) is 0 Å². The van der Waals surface area contributed by atoms with Gasteiger partial charge in [0.1, 0.15) is 0 Å². The van der Waals surface area contributed by atoms with Crippen molar-refractivity contribution in [1.29, 1.82) is 0 Å². The van der Waals surface area contributed by atoms with Crippen LogP contribution in [0, 0.1) is 20.8 Å². The largest absolute Gasteiger partial charge is 0.0619 e. The Labute approximate surface area is 838 Å². The fourth-order valence-electron chi connectivity index (χ4n) is 25.8. The van der Waals surface area contributed by atoms with Gasteiger partial charge in [0.25, 0.3) is 0 Å². The van der Waals surface area contributed by atoms with Gasteiger partial charge in [0.15, 0.2) is 0 Å². The summed E-state index contributed by atoms with van der Waals surface area (Å²) in [5, 5.41) is 20.5. The minimum atomic E-state index is -0.0545. The SMILES string of the molecule is Cc1ccc2c(-c3ccccc3-c3ccc4c(c3)C(C)(C)c3ccccc3-4)c3ccccc3c(-c3ccc4c(c3)-c3ccccc3C4(C)C)c2c1.Cc1ccc2c(-c3ccccc3-c3ccc4ccccc4c3)c3ccccc3c(-c3ccc4c(c3)-c3ccccc3C4(C)C)c2c1.Cc1ccc2c(-c3ccccc3-c3cccc4ccccc34)c3ccccc3c(-c3ccc4c(c3)-c3ccccc3C4(C)C)c2c1. The van der Waals surface area contributed by atoms with Crippen LogP contribution in [0.3, 0.4) is 0 Å². The van der Waals surface area contributed by atoms with Gasteiger partial charge in [-0.15, -0.1) is 0 Å². The Morgan fingerprint density at radius 3 is 0.769 bits per heavy atom. The summed E-state index contributed by atoms with van der Waals surface area (Å²) in [6, 6.07) is 170. The lowest BCUT2D eigenvalue weighted by molar-refractivity contribution is 0.660. The van der Waals surface area contributed by atoms with Crippen LogP contribution in [0.25, 0.3) is 231 Å². The Morgan fingerprint density at radius 1 is 0.119 bits per heavy atom. The Bertz CT molecular complexity index is 9490. The van der Waals surface area contributed by atoms with Gasteiger partial charge in [0.05, 0.1) is 0 Å². The monoisotopic (exact) mass is 1820 g/mol. The predicted molar refractivity (Wildman–Crippen MR) is 613 cm³/mol. The molecular weight excluding hydrogens is 1720 g/mol. The average molecular weight is 1830 g/mol. The van der Waals surface area contributed by atoms with Crippen molar-refractivity contribution >= 4 is 86.2 Å². The topological polar surface area (TPSA) is 0 Å². The van der Waals surface area contributed by atoms with E-state index in [0.29, 0.717) is 0 Å². The molecule has 0 atom stereocenters. The lowest BCUT2D eigenvalue weighted by Crippen LogP contribution is -2.14. The first kappa shape index (κ1) is 86.7. The van der Waals surface area contributed by atoms with E-state index in [2.05, 4.69) is 531 Å². The maximum Gasteiger partial charge on any atom is 0.0159 e. The number of benzene rings is 24. The molecule has 0 amide bonds. The first-order valence-electron chi connectivity index (χ1n) is 50.8. The van der Waals surface area contributed by atoms with E-state index in [9.17, 15) is 0 Å². The van der Waals surface area contributed by atoms with Crippen molar-refractivity contribution in [1.82, 2.24) is 0 Å². The maximum absolute atomic E-state index is 2.46. The summed E-state index contributed by atoms with van der Waals surface area (Å²) in [4.78, 5) is 0. The van der Waals surface area contributed by atoms with Crippen LogP contribution in [0.5, 0.6) is 0 Å². The molecule has 680 valence electrons. The van der Waals surface area contributed by atoms with Crippen molar-refractivity contribution in [2.24, 2.45) is 0 Å². The van der Waals surface area contributed by atoms with Crippen LogP contribution in [0.2, 0.25) is 0 Å². The highest BCUT2D eigenvalue weighted by Gasteiger charge is 2.41. The summed E-state index contributed by atoms with van der Waals surface area (Å²) in [6.45, 7) is 25.5. The standard InChI is InChI=1S/C51H40.2C46H34/c1-31-22-25-41-43(28-31)48(33-24-27-46-42(29-33)36-16-11-13-21-45(36)50(46,2)3)39-18-8-9-19-40(39)49(41)38-17-7-6-14-34(38)32-23-26-37-35-15-10-12-20-44(35)51(4,5)47(37)30-32;1-29-23-25-39-41(27-29)44(31-24-26-43-40(28-31)35-17-10-11-22-42(35)46(43,2)3)37-19-8-9-20-38(37)45(39)36-18-7-6-16-34(36)33-21-12-14-30-13-4-5-15-32(30)33;1-29-20-24-39-41(26-29)44(33-23-25-43-40(28-33)35-15-10-11-19-42(35)46(43,2)3)37-17-8-9-18-38(37)45(39)36-16-7-6-14-34(36)32-22-21-30-12-4-5-13-31(30)27-32/h6-30H,1-5H3;2*4-28H,1-3H3. The van der Waals surface area contributed by atoms with E-state index in [1.807, 2.05) is 0 Å². The molecule has 0 heterocycles. The predicted octanol–water partition coefficient (Wildman–Crippen LogP) is 39.4. The molecule has 0 aromatic heterocycles. The second kappa shape index (κ2) is 33.3. The molecule has 143 heavy (non-hydrogen) atoms. The molecule has 0 spiro atoms. The van der Waals surface area contributed by atoms with Crippen molar-refractivity contribution in [3.05, 3.63) is 516 Å². The number of aryl methyl sites for hydroxylation is 3. The van der Waals surface area contributed by atoms with Gasteiger partial charge in [-0.05, 0) is 326 Å². The van der Waals surface area contributed by atoms with Crippen LogP contribution in [0.4, 0.5) is 0 Å².